The summed E-state index contributed by atoms with van der Waals surface area (Å²) in [5, 5.41) is 1.03. The van der Waals surface area contributed by atoms with Crippen molar-refractivity contribution in [1.29, 1.82) is 0 Å². The van der Waals surface area contributed by atoms with Crippen molar-refractivity contribution in [2.75, 3.05) is 20.8 Å². The number of benzene rings is 2. The van der Waals surface area contributed by atoms with Crippen LogP contribution in [0, 0.1) is 0 Å². The lowest BCUT2D eigenvalue weighted by Gasteiger charge is -2.11. The summed E-state index contributed by atoms with van der Waals surface area (Å²) in [5.41, 5.74) is 1.89. The fourth-order valence-corrected chi connectivity index (χ4v) is 3.80. The van der Waals surface area contributed by atoms with Crippen LogP contribution in [-0.2, 0) is 16.4 Å². The molecule has 0 radical (unpaired) electrons. The van der Waals surface area contributed by atoms with Gasteiger partial charge in [0.15, 0.2) is 11.5 Å². The van der Waals surface area contributed by atoms with E-state index < -0.39 is 10.0 Å². The number of nitrogens with one attached hydrogen (secondary N) is 1. The summed E-state index contributed by atoms with van der Waals surface area (Å²) >= 11 is 0. The van der Waals surface area contributed by atoms with E-state index in [0.717, 1.165) is 16.5 Å². The highest BCUT2D eigenvalue weighted by molar-refractivity contribution is 7.89. The van der Waals surface area contributed by atoms with Gasteiger partial charge in [-0.15, -0.1) is 0 Å². The highest BCUT2D eigenvalue weighted by atomic mass is 32.2. The number of hydrogen-bond acceptors (Lipinski definition) is 5. The highest BCUT2D eigenvalue weighted by Gasteiger charge is 2.16. The fourth-order valence-electron chi connectivity index (χ4n) is 2.76. The second-order valence-electron chi connectivity index (χ2n) is 5.66. The molecule has 0 bridgehead atoms. The van der Waals surface area contributed by atoms with Crippen LogP contribution in [0.2, 0.25) is 0 Å². The Kier molecular flexibility index (Phi) is 5.39. The Morgan fingerprint density at radius 1 is 1.00 bits per heavy atom. The van der Waals surface area contributed by atoms with Crippen molar-refractivity contribution in [3.63, 3.8) is 0 Å². The van der Waals surface area contributed by atoms with E-state index in [9.17, 15) is 8.42 Å². The molecular formula is C19H20N2O4S. The van der Waals surface area contributed by atoms with Crippen LogP contribution in [0.15, 0.2) is 59.6 Å². The number of sulfonamides is 1. The van der Waals surface area contributed by atoms with Gasteiger partial charge in [0.05, 0.1) is 24.6 Å². The molecule has 7 heteroatoms. The van der Waals surface area contributed by atoms with Crippen LogP contribution in [-0.4, -0.2) is 34.2 Å². The van der Waals surface area contributed by atoms with E-state index in [1.54, 1.807) is 12.3 Å². The molecule has 26 heavy (non-hydrogen) atoms. The first-order chi connectivity index (χ1) is 12.5. The van der Waals surface area contributed by atoms with Crippen LogP contribution in [0.5, 0.6) is 11.5 Å². The fraction of sp³-hybridized carbons (Fsp3) is 0.211. The molecule has 1 N–H and O–H groups in total. The Hall–Kier alpha value is -2.64. The van der Waals surface area contributed by atoms with Gasteiger partial charge in [-0.25, -0.2) is 13.1 Å². The maximum atomic E-state index is 12.5. The lowest BCUT2D eigenvalue weighted by Crippen LogP contribution is -2.26. The molecule has 0 aliphatic heterocycles. The molecule has 3 rings (SSSR count). The Balaban J connectivity index is 1.74. The topological polar surface area (TPSA) is 77.5 Å². The van der Waals surface area contributed by atoms with E-state index in [0.29, 0.717) is 17.9 Å². The molecule has 6 nitrogen and oxygen atoms in total. The summed E-state index contributed by atoms with van der Waals surface area (Å²) in [6, 6.07) is 14.3. The van der Waals surface area contributed by atoms with E-state index in [1.807, 2.05) is 30.3 Å². The van der Waals surface area contributed by atoms with Crippen molar-refractivity contribution in [3.05, 3.63) is 60.3 Å². The molecule has 3 aromatic rings. The number of rotatable bonds is 7. The van der Waals surface area contributed by atoms with Crippen LogP contribution >= 0.6 is 0 Å². The molecule has 2 aromatic carbocycles. The number of pyridine rings is 1. The zero-order valence-electron chi connectivity index (χ0n) is 14.6. The van der Waals surface area contributed by atoms with Gasteiger partial charge in [0.25, 0.3) is 0 Å². The zero-order chi connectivity index (χ0) is 18.6. The predicted molar refractivity (Wildman–Crippen MR) is 100 cm³/mol. The molecule has 0 amide bonds. The van der Waals surface area contributed by atoms with Gasteiger partial charge in [-0.05, 0) is 30.2 Å². The lowest BCUT2D eigenvalue weighted by molar-refractivity contribution is 0.354. The third-order valence-electron chi connectivity index (χ3n) is 4.07. The van der Waals surface area contributed by atoms with Crippen molar-refractivity contribution in [2.24, 2.45) is 0 Å². The van der Waals surface area contributed by atoms with Gasteiger partial charge in [-0.2, -0.15) is 0 Å². The summed E-state index contributed by atoms with van der Waals surface area (Å²) in [4.78, 5) is 4.52. The SMILES string of the molecule is COc1ccc(S(=O)(=O)NCCc2cccc3cccnc23)cc1OC. The van der Waals surface area contributed by atoms with E-state index in [-0.39, 0.29) is 11.4 Å². The van der Waals surface area contributed by atoms with Gasteiger partial charge in [-0.1, -0.05) is 24.3 Å². The van der Waals surface area contributed by atoms with Crippen LogP contribution < -0.4 is 14.2 Å². The minimum absolute atomic E-state index is 0.131. The van der Waals surface area contributed by atoms with Crippen LogP contribution in [0.25, 0.3) is 10.9 Å². The number of nitrogens with zero attached hydrogens (tertiary/aromatic N) is 1. The molecule has 0 fully saturated rings. The van der Waals surface area contributed by atoms with Gasteiger partial charge in [-0.3, -0.25) is 4.98 Å². The molecule has 0 saturated heterocycles. The third-order valence-corrected chi connectivity index (χ3v) is 5.53. The van der Waals surface area contributed by atoms with Gasteiger partial charge in [0.2, 0.25) is 10.0 Å². The minimum Gasteiger partial charge on any atom is -0.493 e. The first-order valence-electron chi connectivity index (χ1n) is 8.09. The minimum atomic E-state index is -3.65. The number of fused-ring (bicyclic) bond motifs is 1. The van der Waals surface area contributed by atoms with E-state index in [4.69, 9.17) is 9.47 Å². The first kappa shape index (κ1) is 18.2. The molecule has 1 heterocycles. The number of para-hydroxylation sites is 1. The quantitative estimate of drug-likeness (QED) is 0.690. The van der Waals surface area contributed by atoms with Crippen molar-refractivity contribution < 1.29 is 17.9 Å². The largest absolute Gasteiger partial charge is 0.493 e. The standard InChI is InChI=1S/C19H20N2O4S/c1-24-17-9-8-16(13-18(17)25-2)26(22,23)21-12-10-15-6-3-5-14-7-4-11-20-19(14)15/h3-9,11,13,21H,10,12H2,1-2H3. The molecular weight excluding hydrogens is 352 g/mol. The van der Waals surface area contributed by atoms with E-state index >= 15 is 0 Å². The van der Waals surface area contributed by atoms with Gasteiger partial charge in [0.1, 0.15) is 0 Å². The molecule has 136 valence electrons. The van der Waals surface area contributed by atoms with Crippen molar-refractivity contribution in [1.82, 2.24) is 9.71 Å². The maximum absolute atomic E-state index is 12.5. The summed E-state index contributed by atoms with van der Waals surface area (Å²) in [6.07, 6.45) is 2.28. The summed E-state index contributed by atoms with van der Waals surface area (Å²) in [6.45, 7) is 0.270. The van der Waals surface area contributed by atoms with E-state index in [2.05, 4.69) is 9.71 Å². The Morgan fingerprint density at radius 3 is 2.54 bits per heavy atom. The van der Waals surface area contributed by atoms with E-state index in [1.165, 1.54) is 26.4 Å². The van der Waals surface area contributed by atoms with Crippen LogP contribution in [0.1, 0.15) is 5.56 Å². The molecule has 0 aliphatic carbocycles. The van der Waals surface area contributed by atoms with Gasteiger partial charge < -0.3 is 9.47 Å². The molecule has 0 atom stereocenters. The summed E-state index contributed by atoms with van der Waals surface area (Å²) in [5.74, 6) is 0.849. The summed E-state index contributed by atoms with van der Waals surface area (Å²) < 4.78 is 38.0. The van der Waals surface area contributed by atoms with Crippen LogP contribution in [0.3, 0.4) is 0 Å². The molecule has 0 aliphatic rings. The van der Waals surface area contributed by atoms with Crippen molar-refractivity contribution in [2.45, 2.75) is 11.3 Å². The summed E-state index contributed by atoms with van der Waals surface area (Å²) in [7, 11) is -0.677. The number of hydrogen-bond donors (Lipinski definition) is 1. The number of methoxy groups -OCH3 is 2. The Labute approximate surface area is 152 Å². The monoisotopic (exact) mass is 372 g/mol. The smallest absolute Gasteiger partial charge is 0.240 e. The number of ether oxygens (including phenoxy) is 2. The van der Waals surface area contributed by atoms with Crippen molar-refractivity contribution in [3.8, 4) is 11.5 Å². The third kappa shape index (κ3) is 3.79. The zero-order valence-corrected chi connectivity index (χ0v) is 15.4. The molecule has 0 saturated carbocycles. The van der Waals surface area contributed by atoms with Gasteiger partial charge >= 0.3 is 0 Å². The maximum Gasteiger partial charge on any atom is 0.240 e. The molecule has 0 spiro atoms. The van der Waals surface area contributed by atoms with Crippen molar-refractivity contribution >= 4 is 20.9 Å². The Morgan fingerprint density at radius 2 is 1.77 bits per heavy atom. The average molecular weight is 372 g/mol. The second-order valence-corrected chi connectivity index (χ2v) is 7.42. The first-order valence-corrected chi connectivity index (χ1v) is 9.58. The lowest BCUT2D eigenvalue weighted by atomic mass is 10.1. The number of aromatic nitrogens is 1. The normalized spacial score (nSPS) is 11.5. The van der Waals surface area contributed by atoms with Gasteiger partial charge in [0, 0.05) is 24.2 Å². The predicted octanol–water partition coefficient (Wildman–Crippen LogP) is 2.77. The average Bonchev–Trinajstić information content (AvgIpc) is 2.67. The molecule has 1 aromatic heterocycles. The highest BCUT2D eigenvalue weighted by Crippen LogP contribution is 2.29. The van der Waals surface area contributed by atoms with Crippen LogP contribution in [0.4, 0.5) is 0 Å². The second kappa shape index (κ2) is 7.72. The Bertz CT molecular complexity index is 1010. The molecule has 0 unspecified atom stereocenters.